The maximum atomic E-state index is 6.82. The predicted molar refractivity (Wildman–Crippen MR) is 104 cm³/mol. The summed E-state index contributed by atoms with van der Waals surface area (Å²) in [5.41, 5.74) is 1.52. The number of thiophene rings is 1. The summed E-state index contributed by atoms with van der Waals surface area (Å²) in [5, 5.41) is 2.09. The van der Waals surface area contributed by atoms with Crippen molar-refractivity contribution in [3.63, 3.8) is 0 Å². The second-order valence-corrected chi connectivity index (χ2v) is 12.0. The number of hydrogen-bond acceptors (Lipinski definition) is 2. The van der Waals surface area contributed by atoms with Crippen LogP contribution in [0.4, 0.5) is 0 Å². The van der Waals surface area contributed by atoms with Crippen molar-refractivity contribution < 1.29 is 4.43 Å². The molecule has 1 heterocycles. The monoisotopic (exact) mass is 346 g/mol. The van der Waals surface area contributed by atoms with E-state index in [1.54, 1.807) is 11.3 Å². The van der Waals surface area contributed by atoms with Crippen LogP contribution in [-0.2, 0) is 4.43 Å². The van der Waals surface area contributed by atoms with Crippen molar-refractivity contribution in [3.8, 4) is 11.8 Å². The molecule has 126 valence electrons. The van der Waals surface area contributed by atoms with Gasteiger partial charge in [0, 0.05) is 6.42 Å². The lowest BCUT2D eigenvalue weighted by Crippen LogP contribution is -2.40. The summed E-state index contributed by atoms with van der Waals surface area (Å²) in [7, 11) is -1.59. The Bertz CT molecular complexity index is 538. The molecule has 1 unspecified atom stereocenters. The van der Waals surface area contributed by atoms with E-state index in [2.05, 4.69) is 56.2 Å². The molecule has 0 bridgehead atoms. The van der Waals surface area contributed by atoms with Crippen molar-refractivity contribution in [2.75, 3.05) is 0 Å². The first kappa shape index (κ1) is 18.5. The highest BCUT2D eigenvalue weighted by Crippen LogP contribution is 2.30. The third-order valence-electron chi connectivity index (χ3n) is 5.09. The maximum absolute atomic E-state index is 6.82. The number of rotatable bonds is 7. The molecule has 3 heteroatoms. The minimum absolute atomic E-state index is 0.231. The summed E-state index contributed by atoms with van der Waals surface area (Å²) in [4.78, 5) is 1.16. The van der Waals surface area contributed by atoms with Gasteiger partial charge in [-0.25, -0.2) is 0 Å². The first-order valence-corrected chi connectivity index (χ1v) is 12.5. The van der Waals surface area contributed by atoms with Crippen LogP contribution in [0.5, 0.6) is 0 Å². The highest BCUT2D eigenvalue weighted by atomic mass is 32.1. The molecule has 0 amide bonds. The minimum atomic E-state index is -1.59. The van der Waals surface area contributed by atoms with Gasteiger partial charge in [-0.2, -0.15) is 0 Å². The van der Waals surface area contributed by atoms with Crippen LogP contribution >= 0.6 is 11.3 Å². The van der Waals surface area contributed by atoms with Crippen molar-refractivity contribution in [1.29, 1.82) is 0 Å². The Labute approximate surface area is 147 Å². The Morgan fingerprint density at radius 3 is 2.57 bits per heavy atom. The second-order valence-electron chi connectivity index (χ2n) is 6.36. The topological polar surface area (TPSA) is 9.23 Å². The van der Waals surface area contributed by atoms with Gasteiger partial charge in [-0.05, 0) is 60.8 Å². The van der Waals surface area contributed by atoms with Crippen molar-refractivity contribution in [2.24, 2.45) is 0 Å². The largest absolute Gasteiger partial charge is 0.409 e. The quantitative estimate of drug-likeness (QED) is 0.316. The van der Waals surface area contributed by atoms with Gasteiger partial charge in [-0.3, -0.25) is 0 Å². The Balaban J connectivity index is 2.12. The van der Waals surface area contributed by atoms with Crippen LogP contribution in [0, 0.1) is 11.8 Å². The normalized spacial score (nSPS) is 16.4. The lowest BCUT2D eigenvalue weighted by Gasteiger charge is -2.34. The fraction of sp³-hybridized carbons (Fsp3) is 0.600. The van der Waals surface area contributed by atoms with E-state index >= 15 is 0 Å². The summed E-state index contributed by atoms with van der Waals surface area (Å²) >= 11 is 1.72. The van der Waals surface area contributed by atoms with E-state index < -0.39 is 8.32 Å². The first-order chi connectivity index (χ1) is 11.2. The van der Waals surface area contributed by atoms with Gasteiger partial charge in [0.1, 0.15) is 0 Å². The molecule has 1 aliphatic rings. The van der Waals surface area contributed by atoms with Crippen LogP contribution in [0.25, 0.3) is 0 Å². The van der Waals surface area contributed by atoms with E-state index in [1.807, 2.05) is 0 Å². The molecule has 2 rings (SSSR count). The standard InChI is InChI=1S/C20H30OSSi/c1-4-23(5-2,6-3)21-20(18-12-8-7-9-13-18)16-10-14-19-15-11-17-22-19/h11-12,15,17,20H,4-9,13,16H2,1-3H3. The summed E-state index contributed by atoms with van der Waals surface area (Å²) in [6.07, 6.45) is 8.56. The van der Waals surface area contributed by atoms with Crippen molar-refractivity contribution >= 4 is 19.7 Å². The van der Waals surface area contributed by atoms with Crippen LogP contribution in [0.2, 0.25) is 18.1 Å². The first-order valence-electron chi connectivity index (χ1n) is 9.12. The molecule has 1 atom stereocenters. The molecule has 0 fully saturated rings. The SMILES string of the molecule is CC[Si](CC)(CC)OC(CC#Cc1cccs1)C1=CCCCC1. The summed E-state index contributed by atoms with van der Waals surface area (Å²) < 4.78 is 6.82. The highest BCUT2D eigenvalue weighted by molar-refractivity contribution is 7.10. The number of hydrogen-bond donors (Lipinski definition) is 0. The number of allylic oxidation sites excluding steroid dienone is 1. The van der Waals surface area contributed by atoms with Crippen molar-refractivity contribution in [2.45, 2.75) is 77.1 Å². The van der Waals surface area contributed by atoms with Crippen molar-refractivity contribution in [1.82, 2.24) is 0 Å². The van der Waals surface area contributed by atoms with Gasteiger partial charge in [0.25, 0.3) is 0 Å². The third kappa shape index (κ3) is 5.34. The lowest BCUT2D eigenvalue weighted by molar-refractivity contribution is 0.219. The van der Waals surface area contributed by atoms with Gasteiger partial charge in [0.05, 0.1) is 11.0 Å². The molecular formula is C20H30OSSi. The molecule has 0 spiro atoms. The van der Waals surface area contributed by atoms with Crippen LogP contribution < -0.4 is 0 Å². The zero-order valence-corrected chi connectivity index (χ0v) is 16.7. The lowest BCUT2D eigenvalue weighted by atomic mass is 9.94. The molecule has 1 aromatic heterocycles. The van der Waals surface area contributed by atoms with Gasteiger partial charge in [-0.15, -0.1) is 11.3 Å². The molecule has 1 aliphatic carbocycles. The van der Waals surface area contributed by atoms with Gasteiger partial charge < -0.3 is 4.43 Å². The predicted octanol–water partition coefficient (Wildman–Crippen LogP) is 6.38. The molecule has 0 saturated carbocycles. The molecule has 0 saturated heterocycles. The minimum Gasteiger partial charge on any atom is -0.409 e. The molecule has 0 aliphatic heterocycles. The average molecular weight is 347 g/mol. The zero-order valence-electron chi connectivity index (χ0n) is 14.9. The molecular weight excluding hydrogens is 316 g/mol. The smallest absolute Gasteiger partial charge is 0.192 e. The van der Waals surface area contributed by atoms with Crippen LogP contribution in [0.1, 0.15) is 57.8 Å². The van der Waals surface area contributed by atoms with Crippen LogP contribution in [-0.4, -0.2) is 14.4 Å². The Morgan fingerprint density at radius 2 is 2.00 bits per heavy atom. The summed E-state index contributed by atoms with van der Waals surface area (Å²) in [5.74, 6) is 6.71. The van der Waals surface area contributed by atoms with E-state index in [9.17, 15) is 0 Å². The van der Waals surface area contributed by atoms with E-state index in [4.69, 9.17) is 4.43 Å². The molecule has 0 aromatic carbocycles. The fourth-order valence-corrected chi connectivity index (χ4v) is 6.72. The third-order valence-corrected chi connectivity index (χ3v) is 10.5. The molecule has 1 aromatic rings. The average Bonchev–Trinajstić information content (AvgIpc) is 3.13. The summed E-state index contributed by atoms with van der Waals surface area (Å²) in [6, 6.07) is 7.79. The van der Waals surface area contributed by atoms with Gasteiger partial charge in [0.2, 0.25) is 0 Å². The Morgan fingerprint density at radius 1 is 1.22 bits per heavy atom. The van der Waals surface area contributed by atoms with E-state index in [-0.39, 0.29) is 6.10 Å². The van der Waals surface area contributed by atoms with Crippen LogP contribution in [0.15, 0.2) is 29.2 Å². The Hall–Kier alpha value is -0.823. The van der Waals surface area contributed by atoms with E-state index in [0.29, 0.717) is 0 Å². The Kier molecular flexibility index (Phi) is 7.62. The zero-order chi connectivity index (χ0) is 16.5. The van der Waals surface area contributed by atoms with Gasteiger partial charge in [-0.1, -0.05) is 44.8 Å². The fourth-order valence-electron chi connectivity index (χ4n) is 3.29. The molecule has 23 heavy (non-hydrogen) atoms. The second kappa shape index (κ2) is 9.47. The molecule has 0 radical (unpaired) electrons. The highest BCUT2D eigenvalue weighted by Gasteiger charge is 2.33. The maximum Gasteiger partial charge on any atom is 0.192 e. The summed E-state index contributed by atoms with van der Waals surface area (Å²) in [6.45, 7) is 6.93. The van der Waals surface area contributed by atoms with Crippen LogP contribution in [0.3, 0.4) is 0 Å². The van der Waals surface area contributed by atoms with Crippen molar-refractivity contribution in [3.05, 3.63) is 34.0 Å². The molecule has 1 nitrogen and oxygen atoms in total. The van der Waals surface area contributed by atoms with E-state index in [1.165, 1.54) is 49.4 Å². The van der Waals surface area contributed by atoms with E-state index in [0.717, 1.165) is 11.3 Å². The van der Waals surface area contributed by atoms with Gasteiger partial charge >= 0.3 is 0 Å². The van der Waals surface area contributed by atoms with Gasteiger partial charge in [0.15, 0.2) is 8.32 Å². The molecule has 0 N–H and O–H groups in total.